The Hall–Kier alpha value is -2.58. The van der Waals surface area contributed by atoms with Crippen molar-refractivity contribution in [1.29, 1.82) is 0 Å². The Morgan fingerprint density at radius 1 is 0.696 bits per heavy atom. The molecule has 2 heteroatoms. The van der Waals surface area contributed by atoms with E-state index in [9.17, 15) is 5.11 Å². The van der Waals surface area contributed by atoms with E-state index in [0.29, 0.717) is 5.75 Å². The molecule has 2 nitrogen and oxygen atoms in total. The van der Waals surface area contributed by atoms with E-state index in [1.165, 1.54) is 5.56 Å². The Morgan fingerprint density at radius 2 is 1.22 bits per heavy atom. The number of aromatic hydroxyl groups is 1. The van der Waals surface area contributed by atoms with Crippen LogP contribution in [0.25, 0.3) is 0 Å². The van der Waals surface area contributed by atoms with Gasteiger partial charge < -0.3 is 5.11 Å². The lowest BCUT2D eigenvalue weighted by atomic mass is 9.96. The summed E-state index contributed by atoms with van der Waals surface area (Å²) >= 11 is 0. The third-order valence-corrected chi connectivity index (χ3v) is 4.10. The summed E-state index contributed by atoms with van der Waals surface area (Å²) in [6, 6.07) is 28.2. The number of phenolic OH excluding ortho intramolecular Hbond substituents is 1. The lowest BCUT2D eigenvalue weighted by Gasteiger charge is -2.25. The fraction of sp³-hybridized carbons (Fsp3) is 0.143. The molecule has 0 unspecified atom stereocenters. The molecule has 0 aliphatic rings. The number of rotatable bonds is 5. The molecule has 0 aliphatic heterocycles. The van der Waals surface area contributed by atoms with Crippen LogP contribution in [0.5, 0.6) is 5.75 Å². The van der Waals surface area contributed by atoms with Crippen LogP contribution < -0.4 is 5.32 Å². The smallest absolute Gasteiger partial charge is 0.120 e. The molecule has 0 saturated heterocycles. The van der Waals surface area contributed by atoms with Crippen molar-refractivity contribution in [3.05, 3.63) is 102 Å². The van der Waals surface area contributed by atoms with Crippen molar-refractivity contribution in [1.82, 2.24) is 5.32 Å². The maximum absolute atomic E-state index is 10.3. The predicted molar refractivity (Wildman–Crippen MR) is 94.4 cm³/mol. The maximum Gasteiger partial charge on any atom is 0.120 e. The van der Waals surface area contributed by atoms with Gasteiger partial charge in [-0.3, -0.25) is 5.32 Å². The normalized spacial score (nSPS) is 13.4. The van der Waals surface area contributed by atoms with Crippen LogP contribution in [0, 0.1) is 0 Å². The standard InChI is InChI=1S/C21H21NO/c1-16(17-10-4-2-5-11-17)22-21(18-12-6-3-7-13-18)19-14-8-9-15-20(19)23/h2-16,21-23H,1H3/t16-,21-/m1/s1. The van der Waals surface area contributed by atoms with E-state index in [-0.39, 0.29) is 12.1 Å². The molecule has 3 aromatic carbocycles. The molecule has 0 bridgehead atoms. The average Bonchev–Trinajstić information content (AvgIpc) is 2.62. The summed E-state index contributed by atoms with van der Waals surface area (Å²) in [5, 5.41) is 13.9. The maximum atomic E-state index is 10.3. The van der Waals surface area contributed by atoms with Crippen molar-refractivity contribution in [3.63, 3.8) is 0 Å². The van der Waals surface area contributed by atoms with Gasteiger partial charge in [0, 0.05) is 11.6 Å². The van der Waals surface area contributed by atoms with Gasteiger partial charge in [0.2, 0.25) is 0 Å². The highest BCUT2D eigenvalue weighted by Gasteiger charge is 2.19. The summed E-state index contributed by atoms with van der Waals surface area (Å²) in [5.74, 6) is 0.314. The van der Waals surface area contributed by atoms with Crippen molar-refractivity contribution in [2.45, 2.75) is 19.0 Å². The third kappa shape index (κ3) is 3.61. The number of para-hydroxylation sites is 1. The first kappa shape index (κ1) is 15.3. The van der Waals surface area contributed by atoms with Gasteiger partial charge in [-0.1, -0.05) is 78.9 Å². The van der Waals surface area contributed by atoms with Gasteiger partial charge >= 0.3 is 0 Å². The molecule has 0 heterocycles. The highest BCUT2D eigenvalue weighted by molar-refractivity contribution is 5.41. The first-order valence-corrected chi connectivity index (χ1v) is 7.89. The van der Waals surface area contributed by atoms with Crippen molar-refractivity contribution in [2.75, 3.05) is 0 Å². The van der Waals surface area contributed by atoms with E-state index in [1.54, 1.807) is 6.07 Å². The Bertz CT molecular complexity index is 740. The number of nitrogens with one attached hydrogen (secondary N) is 1. The van der Waals surface area contributed by atoms with Crippen LogP contribution in [0.4, 0.5) is 0 Å². The molecule has 0 amide bonds. The van der Waals surface area contributed by atoms with E-state index in [4.69, 9.17) is 0 Å². The quantitative estimate of drug-likeness (QED) is 0.707. The van der Waals surface area contributed by atoms with E-state index >= 15 is 0 Å². The zero-order chi connectivity index (χ0) is 16.1. The fourth-order valence-electron chi connectivity index (χ4n) is 2.83. The fourth-order valence-corrected chi connectivity index (χ4v) is 2.83. The second-order valence-electron chi connectivity index (χ2n) is 5.70. The number of benzene rings is 3. The van der Waals surface area contributed by atoms with Gasteiger partial charge in [0.05, 0.1) is 6.04 Å². The van der Waals surface area contributed by atoms with Gasteiger partial charge in [0.1, 0.15) is 5.75 Å². The Balaban J connectivity index is 1.95. The molecular weight excluding hydrogens is 282 g/mol. The van der Waals surface area contributed by atoms with Crippen molar-refractivity contribution in [3.8, 4) is 5.75 Å². The summed E-state index contributed by atoms with van der Waals surface area (Å²) in [5.41, 5.74) is 3.25. The molecule has 0 saturated carbocycles. The van der Waals surface area contributed by atoms with Gasteiger partial charge in [-0.05, 0) is 24.1 Å². The molecule has 0 spiro atoms. The molecule has 116 valence electrons. The molecule has 3 aromatic rings. The van der Waals surface area contributed by atoms with Crippen LogP contribution in [-0.4, -0.2) is 5.11 Å². The van der Waals surface area contributed by atoms with E-state index in [0.717, 1.165) is 11.1 Å². The summed E-state index contributed by atoms with van der Waals surface area (Å²) in [6.07, 6.45) is 0. The molecule has 0 aliphatic carbocycles. The Morgan fingerprint density at radius 3 is 1.83 bits per heavy atom. The van der Waals surface area contributed by atoms with Crippen LogP contribution in [0.15, 0.2) is 84.9 Å². The number of hydrogen-bond donors (Lipinski definition) is 2. The molecular formula is C21H21NO. The molecule has 2 atom stereocenters. The lowest BCUT2D eigenvalue weighted by Crippen LogP contribution is -2.25. The first-order valence-electron chi connectivity index (χ1n) is 7.89. The molecule has 2 N–H and O–H groups in total. The SMILES string of the molecule is C[C@@H](N[C@H](c1ccccc1)c1ccccc1O)c1ccccc1. The van der Waals surface area contributed by atoms with Crippen LogP contribution >= 0.6 is 0 Å². The Labute approximate surface area is 137 Å². The van der Waals surface area contributed by atoms with Crippen LogP contribution in [0.3, 0.4) is 0 Å². The van der Waals surface area contributed by atoms with Crippen LogP contribution in [0.2, 0.25) is 0 Å². The number of hydrogen-bond acceptors (Lipinski definition) is 2. The zero-order valence-electron chi connectivity index (χ0n) is 13.2. The lowest BCUT2D eigenvalue weighted by molar-refractivity contribution is 0.446. The van der Waals surface area contributed by atoms with E-state index in [2.05, 4.69) is 36.5 Å². The van der Waals surface area contributed by atoms with Gasteiger partial charge in [0.25, 0.3) is 0 Å². The molecule has 3 rings (SSSR count). The largest absolute Gasteiger partial charge is 0.508 e. The Kier molecular flexibility index (Phi) is 4.74. The first-order chi connectivity index (χ1) is 11.3. The summed E-state index contributed by atoms with van der Waals surface area (Å²) in [6.45, 7) is 2.14. The minimum atomic E-state index is -0.0624. The topological polar surface area (TPSA) is 32.3 Å². The van der Waals surface area contributed by atoms with Crippen molar-refractivity contribution >= 4 is 0 Å². The monoisotopic (exact) mass is 303 g/mol. The average molecular weight is 303 g/mol. The highest BCUT2D eigenvalue weighted by atomic mass is 16.3. The molecule has 0 aromatic heterocycles. The second-order valence-corrected chi connectivity index (χ2v) is 5.70. The molecule has 0 radical (unpaired) electrons. The highest BCUT2D eigenvalue weighted by Crippen LogP contribution is 2.31. The molecule has 0 fully saturated rings. The van der Waals surface area contributed by atoms with Crippen molar-refractivity contribution in [2.24, 2.45) is 0 Å². The zero-order valence-corrected chi connectivity index (χ0v) is 13.2. The van der Waals surface area contributed by atoms with Crippen molar-refractivity contribution < 1.29 is 5.11 Å². The second kappa shape index (κ2) is 7.12. The summed E-state index contributed by atoms with van der Waals surface area (Å²) in [4.78, 5) is 0. The summed E-state index contributed by atoms with van der Waals surface area (Å²) in [7, 11) is 0. The van der Waals surface area contributed by atoms with Crippen LogP contribution in [0.1, 0.15) is 35.7 Å². The van der Waals surface area contributed by atoms with Gasteiger partial charge in [-0.15, -0.1) is 0 Å². The van der Waals surface area contributed by atoms with Gasteiger partial charge in [0.15, 0.2) is 0 Å². The minimum absolute atomic E-state index is 0.0624. The minimum Gasteiger partial charge on any atom is -0.508 e. The predicted octanol–water partition coefficient (Wildman–Crippen LogP) is 4.83. The van der Waals surface area contributed by atoms with Gasteiger partial charge in [-0.25, -0.2) is 0 Å². The number of phenols is 1. The van der Waals surface area contributed by atoms with E-state index < -0.39 is 0 Å². The third-order valence-electron chi connectivity index (χ3n) is 4.10. The van der Waals surface area contributed by atoms with Crippen LogP contribution in [-0.2, 0) is 0 Å². The molecule has 23 heavy (non-hydrogen) atoms. The van der Waals surface area contributed by atoms with Gasteiger partial charge in [-0.2, -0.15) is 0 Å². The summed E-state index contributed by atoms with van der Waals surface area (Å²) < 4.78 is 0. The van der Waals surface area contributed by atoms with E-state index in [1.807, 2.05) is 54.6 Å².